The number of aromatic nitrogens is 3. The van der Waals surface area contributed by atoms with Crippen LogP contribution in [0.1, 0.15) is 31.2 Å². The quantitative estimate of drug-likeness (QED) is 0.915. The highest BCUT2D eigenvalue weighted by molar-refractivity contribution is 5.83. The summed E-state index contributed by atoms with van der Waals surface area (Å²) in [4.78, 5) is 11.8. The molecule has 19 heavy (non-hydrogen) atoms. The molecule has 1 aromatic carbocycles. The van der Waals surface area contributed by atoms with Gasteiger partial charge in [0.2, 0.25) is 0 Å². The van der Waals surface area contributed by atoms with Gasteiger partial charge >= 0.3 is 5.97 Å². The van der Waals surface area contributed by atoms with Crippen molar-refractivity contribution in [3.8, 4) is 5.69 Å². The van der Waals surface area contributed by atoms with Crippen LogP contribution in [0.3, 0.4) is 0 Å². The van der Waals surface area contributed by atoms with E-state index in [0.29, 0.717) is 12.8 Å². The van der Waals surface area contributed by atoms with Crippen LogP contribution in [-0.4, -0.2) is 26.1 Å². The normalized spacial score (nSPS) is 17.5. The second kappa shape index (κ2) is 4.50. The average molecular weight is 257 g/mol. The van der Waals surface area contributed by atoms with Crippen molar-refractivity contribution in [2.24, 2.45) is 0 Å². The fraction of sp³-hybridized carbons (Fsp3) is 0.357. The molecule has 1 aromatic heterocycles. The summed E-state index contributed by atoms with van der Waals surface area (Å²) in [5.74, 6) is -0.738. The molecule has 2 aromatic rings. The molecule has 0 amide bonds. The average Bonchev–Trinajstić information content (AvgIpc) is 3.11. The summed E-state index contributed by atoms with van der Waals surface area (Å²) in [5, 5.41) is 17.5. The zero-order valence-corrected chi connectivity index (χ0v) is 10.5. The van der Waals surface area contributed by atoms with Crippen molar-refractivity contribution in [3.63, 3.8) is 0 Å². The third-order valence-electron chi connectivity index (χ3n) is 3.96. The van der Waals surface area contributed by atoms with Gasteiger partial charge in [-0.1, -0.05) is 36.3 Å². The van der Waals surface area contributed by atoms with E-state index >= 15 is 0 Å². The number of rotatable bonds is 3. The first-order valence-corrected chi connectivity index (χ1v) is 6.44. The van der Waals surface area contributed by atoms with Crippen molar-refractivity contribution >= 4 is 5.97 Å². The van der Waals surface area contributed by atoms with E-state index in [1.165, 1.54) is 0 Å². The highest BCUT2D eigenvalue weighted by Crippen LogP contribution is 2.43. The lowest BCUT2D eigenvalue weighted by molar-refractivity contribution is -0.143. The van der Waals surface area contributed by atoms with E-state index in [-0.39, 0.29) is 0 Å². The third kappa shape index (κ3) is 1.82. The molecule has 1 aliphatic rings. The molecule has 1 aliphatic carbocycles. The Morgan fingerprint density at radius 2 is 2.00 bits per heavy atom. The van der Waals surface area contributed by atoms with E-state index in [1.807, 2.05) is 24.3 Å². The molecule has 0 atom stereocenters. The van der Waals surface area contributed by atoms with Crippen molar-refractivity contribution in [2.45, 2.75) is 31.1 Å². The van der Waals surface area contributed by atoms with E-state index in [1.54, 1.807) is 17.1 Å². The zero-order chi connectivity index (χ0) is 13.3. The number of para-hydroxylation sites is 1. The fourth-order valence-electron chi connectivity index (χ4n) is 2.99. The highest BCUT2D eigenvalue weighted by Gasteiger charge is 2.44. The molecule has 1 saturated carbocycles. The standard InChI is InChI=1S/C14H15N3O2/c18-13(19)14(7-3-4-8-14)11-5-1-2-6-12(11)17-10-9-15-16-17/h1-2,5-6,9-10H,3-4,7-8H2,(H,18,19). The van der Waals surface area contributed by atoms with Gasteiger partial charge in [-0.15, -0.1) is 5.10 Å². The van der Waals surface area contributed by atoms with Gasteiger partial charge in [0, 0.05) is 0 Å². The Morgan fingerprint density at radius 1 is 1.26 bits per heavy atom. The van der Waals surface area contributed by atoms with Crippen LogP contribution in [0.5, 0.6) is 0 Å². The number of aliphatic carboxylic acids is 1. The Hall–Kier alpha value is -2.17. The predicted molar refractivity (Wildman–Crippen MR) is 69.1 cm³/mol. The van der Waals surface area contributed by atoms with Crippen molar-refractivity contribution < 1.29 is 9.90 Å². The van der Waals surface area contributed by atoms with E-state index < -0.39 is 11.4 Å². The van der Waals surface area contributed by atoms with Crippen LogP contribution in [0.25, 0.3) is 5.69 Å². The molecule has 0 saturated heterocycles. The maximum Gasteiger partial charge on any atom is 0.314 e. The van der Waals surface area contributed by atoms with E-state index in [9.17, 15) is 9.90 Å². The van der Waals surface area contributed by atoms with Crippen LogP contribution >= 0.6 is 0 Å². The second-order valence-corrected chi connectivity index (χ2v) is 4.96. The molecule has 0 radical (unpaired) electrons. The van der Waals surface area contributed by atoms with Gasteiger partial charge < -0.3 is 5.11 Å². The fourth-order valence-corrected chi connectivity index (χ4v) is 2.99. The lowest BCUT2D eigenvalue weighted by atomic mass is 9.78. The molecule has 0 aliphatic heterocycles. The molecule has 0 spiro atoms. The number of hydrogen-bond acceptors (Lipinski definition) is 3. The minimum atomic E-state index is -0.775. The molecule has 1 fully saturated rings. The topological polar surface area (TPSA) is 68.0 Å². The Morgan fingerprint density at radius 3 is 2.63 bits per heavy atom. The number of carboxylic acids is 1. The van der Waals surface area contributed by atoms with Crippen LogP contribution in [0.4, 0.5) is 0 Å². The monoisotopic (exact) mass is 257 g/mol. The Balaban J connectivity index is 2.17. The Kier molecular flexibility index (Phi) is 2.81. The van der Waals surface area contributed by atoms with Crippen molar-refractivity contribution in [3.05, 3.63) is 42.2 Å². The molecule has 0 unspecified atom stereocenters. The number of nitrogens with zero attached hydrogens (tertiary/aromatic N) is 3. The van der Waals surface area contributed by atoms with Crippen LogP contribution in [0.15, 0.2) is 36.7 Å². The lowest BCUT2D eigenvalue weighted by Crippen LogP contribution is -2.33. The maximum atomic E-state index is 11.8. The van der Waals surface area contributed by atoms with E-state index in [0.717, 1.165) is 24.1 Å². The summed E-state index contributed by atoms with van der Waals surface area (Å²) in [7, 11) is 0. The second-order valence-electron chi connectivity index (χ2n) is 4.96. The van der Waals surface area contributed by atoms with E-state index in [4.69, 9.17) is 0 Å². The Labute approximate surface area is 110 Å². The first-order valence-electron chi connectivity index (χ1n) is 6.44. The largest absolute Gasteiger partial charge is 0.481 e. The lowest BCUT2D eigenvalue weighted by Gasteiger charge is -2.26. The molecular formula is C14H15N3O2. The van der Waals surface area contributed by atoms with Gasteiger partial charge in [0.05, 0.1) is 23.5 Å². The molecule has 1 heterocycles. The van der Waals surface area contributed by atoms with Crippen LogP contribution in [-0.2, 0) is 10.2 Å². The van der Waals surface area contributed by atoms with E-state index in [2.05, 4.69) is 10.3 Å². The highest BCUT2D eigenvalue weighted by atomic mass is 16.4. The summed E-state index contributed by atoms with van der Waals surface area (Å²) in [6.07, 6.45) is 6.63. The summed E-state index contributed by atoms with van der Waals surface area (Å²) in [6, 6.07) is 7.58. The summed E-state index contributed by atoms with van der Waals surface area (Å²) < 4.78 is 1.64. The van der Waals surface area contributed by atoms with Crippen LogP contribution in [0.2, 0.25) is 0 Å². The van der Waals surface area contributed by atoms with Crippen molar-refractivity contribution in [1.29, 1.82) is 0 Å². The van der Waals surface area contributed by atoms with Crippen molar-refractivity contribution in [2.75, 3.05) is 0 Å². The minimum Gasteiger partial charge on any atom is -0.481 e. The summed E-state index contributed by atoms with van der Waals surface area (Å²) in [5.41, 5.74) is 0.873. The SMILES string of the molecule is O=C(O)C1(c2ccccc2-n2ccnn2)CCCC1. The predicted octanol–water partition coefficient (Wildman–Crippen LogP) is 2.16. The zero-order valence-electron chi connectivity index (χ0n) is 10.5. The van der Waals surface area contributed by atoms with Gasteiger partial charge in [-0.2, -0.15) is 0 Å². The molecule has 5 heteroatoms. The number of carboxylic acid groups (broad SMARTS) is 1. The third-order valence-corrected chi connectivity index (χ3v) is 3.96. The summed E-state index contributed by atoms with van der Waals surface area (Å²) >= 11 is 0. The molecular weight excluding hydrogens is 242 g/mol. The van der Waals surface area contributed by atoms with Gasteiger partial charge in [-0.25, -0.2) is 4.68 Å². The minimum absolute atomic E-state index is 0.689. The van der Waals surface area contributed by atoms with Gasteiger partial charge in [-0.3, -0.25) is 4.79 Å². The van der Waals surface area contributed by atoms with Gasteiger partial charge in [-0.05, 0) is 24.5 Å². The molecule has 3 rings (SSSR count). The van der Waals surface area contributed by atoms with Crippen LogP contribution in [0, 0.1) is 0 Å². The smallest absolute Gasteiger partial charge is 0.314 e. The molecule has 1 N–H and O–H groups in total. The number of carbonyl (C=O) groups is 1. The molecule has 98 valence electrons. The number of benzene rings is 1. The molecule has 5 nitrogen and oxygen atoms in total. The Bertz CT molecular complexity index is 586. The maximum absolute atomic E-state index is 11.8. The van der Waals surface area contributed by atoms with Crippen LogP contribution < -0.4 is 0 Å². The first-order chi connectivity index (χ1) is 9.24. The van der Waals surface area contributed by atoms with Gasteiger partial charge in [0.1, 0.15) is 0 Å². The number of hydrogen-bond donors (Lipinski definition) is 1. The molecule has 0 bridgehead atoms. The van der Waals surface area contributed by atoms with Crippen molar-refractivity contribution in [1.82, 2.24) is 15.0 Å². The van der Waals surface area contributed by atoms with Gasteiger partial charge in [0.15, 0.2) is 0 Å². The summed E-state index contributed by atoms with van der Waals surface area (Å²) in [6.45, 7) is 0. The first kappa shape index (κ1) is 11.9. The van der Waals surface area contributed by atoms with Gasteiger partial charge in [0.25, 0.3) is 0 Å².